The van der Waals surface area contributed by atoms with Gasteiger partial charge in [0.1, 0.15) is 17.4 Å². The fraction of sp³-hybridized carbons (Fsp3) is 0.333. The highest BCUT2D eigenvalue weighted by Gasteiger charge is 2.31. The standard InChI is InChI=1S/C24H26N6OS/c1-3-22-27-28-24(32-22)26-21-12-6-9-18(25-21)20-11-7-13-29(20)23(31)15-30-16(2)14-17-8-4-5-10-19(17)30/h4-6,8-10,12,14,20H,3,7,11,13,15H2,1-2H3,(H,25,26,28). The molecule has 0 saturated carbocycles. The number of fused-ring (bicyclic) bond motifs is 1. The Balaban J connectivity index is 1.35. The largest absolute Gasteiger partial charge is 0.335 e. The van der Waals surface area contributed by atoms with Gasteiger partial charge in [0.25, 0.3) is 0 Å². The van der Waals surface area contributed by atoms with E-state index in [9.17, 15) is 4.79 Å². The lowest BCUT2D eigenvalue weighted by Gasteiger charge is -2.25. The third-order valence-corrected chi connectivity index (χ3v) is 6.98. The number of anilines is 2. The Labute approximate surface area is 191 Å². The number of aromatic nitrogens is 4. The number of hydrogen-bond donors (Lipinski definition) is 1. The number of benzene rings is 1. The van der Waals surface area contributed by atoms with Gasteiger partial charge in [-0.2, -0.15) is 0 Å². The molecule has 0 bridgehead atoms. The molecule has 1 amide bonds. The lowest BCUT2D eigenvalue weighted by atomic mass is 10.1. The van der Waals surface area contributed by atoms with E-state index in [4.69, 9.17) is 4.98 Å². The maximum absolute atomic E-state index is 13.3. The van der Waals surface area contributed by atoms with E-state index < -0.39 is 0 Å². The van der Waals surface area contributed by atoms with Gasteiger partial charge in [-0.15, -0.1) is 10.2 Å². The Morgan fingerprint density at radius 3 is 2.91 bits per heavy atom. The zero-order chi connectivity index (χ0) is 22.1. The van der Waals surface area contributed by atoms with Gasteiger partial charge in [-0.1, -0.05) is 42.5 Å². The molecule has 8 heteroatoms. The van der Waals surface area contributed by atoms with Crippen molar-refractivity contribution in [3.63, 3.8) is 0 Å². The van der Waals surface area contributed by atoms with Crippen LogP contribution in [0, 0.1) is 6.92 Å². The van der Waals surface area contributed by atoms with Crippen LogP contribution in [0.3, 0.4) is 0 Å². The smallest absolute Gasteiger partial charge is 0.243 e. The van der Waals surface area contributed by atoms with E-state index in [0.29, 0.717) is 6.54 Å². The minimum Gasteiger partial charge on any atom is -0.335 e. The molecule has 0 radical (unpaired) electrons. The maximum atomic E-state index is 13.3. The third kappa shape index (κ3) is 3.98. The second-order valence-electron chi connectivity index (χ2n) is 8.10. The molecule has 1 aliphatic rings. The molecule has 1 N–H and O–H groups in total. The SMILES string of the molecule is CCc1nnc(Nc2cccc(C3CCCN3C(=O)Cn3c(C)cc4ccccc43)n2)s1. The van der Waals surface area contributed by atoms with Crippen molar-refractivity contribution in [2.24, 2.45) is 0 Å². The van der Waals surface area contributed by atoms with E-state index in [0.717, 1.165) is 58.7 Å². The number of aryl methyl sites for hydroxylation is 2. The van der Waals surface area contributed by atoms with Gasteiger partial charge < -0.3 is 14.8 Å². The average Bonchev–Trinajstić information content (AvgIpc) is 3.53. The van der Waals surface area contributed by atoms with Crippen molar-refractivity contribution in [2.75, 3.05) is 11.9 Å². The van der Waals surface area contributed by atoms with Crippen molar-refractivity contribution in [1.29, 1.82) is 0 Å². The van der Waals surface area contributed by atoms with Crippen molar-refractivity contribution >= 4 is 39.1 Å². The number of likely N-dealkylation sites (tertiary alicyclic amines) is 1. The van der Waals surface area contributed by atoms with Crippen molar-refractivity contribution in [3.8, 4) is 0 Å². The number of amides is 1. The quantitative estimate of drug-likeness (QED) is 0.457. The summed E-state index contributed by atoms with van der Waals surface area (Å²) in [6.45, 7) is 5.23. The van der Waals surface area contributed by atoms with Crippen molar-refractivity contribution in [2.45, 2.75) is 45.7 Å². The Kier molecular flexibility index (Phi) is 5.61. The predicted octanol–water partition coefficient (Wildman–Crippen LogP) is 4.87. The molecule has 0 spiro atoms. The van der Waals surface area contributed by atoms with Crippen LogP contribution < -0.4 is 5.32 Å². The molecule has 1 unspecified atom stereocenters. The zero-order valence-electron chi connectivity index (χ0n) is 18.3. The fourth-order valence-corrected chi connectivity index (χ4v) is 5.11. The minimum atomic E-state index is -0.00740. The number of hydrogen-bond acceptors (Lipinski definition) is 6. The molecular weight excluding hydrogens is 420 g/mol. The Bertz CT molecular complexity index is 1260. The lowest BCUT2D eigenvalue weighted by molar-refractivity contribution is -0.132. The fourth-order valence-electron chi connectivity index (χ4n) is 4.42. The Morgan fingerprint density at radius 1 is 1.19 bits per heavy atom. The molecule has 1 atom stereocenters. The number of para-hydroxylation sites is 1. The first-order chi connectivity index (χ1) is 15.6. The summed E-state index contributed by atoms with van der Waals surface area (Å²) in [7, 11) is 0. The van der Waals surface area contributed by atoms with Gasteiger partial charge in [0.05, 0.1) is 11.7 Å². The first-order valence-corrected chi connectivity index (χ1v) is 11.8. The van der Waals surface area contributed by atoms with E-state index in [-0.39, 0.29) is 11.9 Å². The first-order valence-electron chi connectivity index (χ1n) is 11.0. The molecule has 1 fully saturated rings. The van der Waals surface area contributed by atoms with Gasteiger partial charge in [0.2, 0.25) is 11.0 Å². The summed E-state index contributed by atoms with van der Waals surface area (Å²) in [5.74, 6) is 0.863. The van der Waals surface area contributed by atoms with Crippen LogP contribution >= 0.6 is 11.3 Å². The molecule has 0 aliphatic carbocycles. The highest BCUT2D eigenvalue weighted by atomic mass is 32.1. The number of rotatable bonds is 6. The normalized spacial score (nSPS) is 16.1. The van der Waals surface area contributed by atoms with Crippen LogP contribution in [0.5, 0.6) is 0 Å². The molecule has 164 valence electrons. The number of nitrogens with zero attached hydrogens (tertiary/aromatic N) is 5. The van der Waals surface area contributed by atoms with E-state index in [2.05, 4.69) is 52.1 Å². The molecule has 4 heterocycles. The second-order valence-corrected chi connectivity index (χ2v) is 9.17. The van der Waals surface area contributed by atoms with Crippen LogP contribution in [-0.2, 0) is 17.8 Å². The molecule has 7 nitrogen and oxygen atoms in total. The van der Waals surface area contributed by atoms with Gasteiger partial charge in [-0.05, 0) is 55.8 Å². The molecule has 1 aliphatic heterocycles. The zero-order valence-corrected chi connectivity index (χ0v) is 19.1. The molecule has 4 aromatic rings. The second kappa shape index (κ2) is 8.70. The Morgan fingerprint density at radius 2 is 2.06 bits per heavy atom. The van der Waals surface area contributed by atoms with Gasteiger partial charge in [0.15, 0.2) is 0 Å². The molecule has 3 aromatic heterocycles. The highest BCUT2D eigenvalue weighted by molar-refractivity contribution is 7.15. The van der Waals surface area contributed by atoms with E-state index in [1.54, 1.807) is 0 Å². The van der Waals surface area contributed by atoms with Gasteiger partial charge in [0, 0.05) is 17.8 Å². The average molecular weight is 447 g/mol. The van der Waals surface area contributed by atoms with Crippen LogP contribution in [0.25, 0.3) is 10.9 Å². The summed E-state index contributed by atoms with van der Waals surface area (Å²) >= 11 is 1.53. The highest BCUT2D eigenvalue weighted by Crippen LogP contribution is 2.32. The van der Waals surface area contributed by atoms with Crippen LogP contribution in [0.1, 0.15) is 42.2 Å². The lowest BCUT2D eigenvalue weighted by Crippen LogP contribution is -2.34. The van der Waals surface area contributed by atoms with Crippen LogP contribution in [-0.4, -0.2) is 37.1 Å². The number of carbonyl (C=O) groups excluding carboxylic acids is 1. The van der Waals surface area contributed by atoms with Gasteiger partial charge >= 0.3 is 0 Å². The van der Waals surface area contributed by atoms with Crippen molar-refractivity contribution in [3.05, 3.63) is 64.9 Å². The van der Waals surface area contributed by atoms with Crippen molar-refractivity contribution < 1.29 is 4.79 Å². The van der Waals surface area contributed by atoms with Gasteiger partial charge in [-0.25, -0.2) is 4.98 Å². The molecular formula is C24H26N6OS. The van der Waals surface area contributed by atoms with E-state index in [1.165, 1.54) is 16.7 Å². The Hall–Kier alpha value is -3.26. The van der Waals surface area contributed by atoms with Gasteiger partial charge in [-0.3, -0.25) is 4.79 Å². The number of pyridine rings is 1. The van der Waals surface area contributed by atoms with Crippen LogP contribution in [0.4, 0.5) is 10.9 Å². The summed E-state index contributed by atoms with van der Waals surface area (Å²) in [4.78, 5) is 20.1. The monoisotopic (exact) mass is 446 g/mol. The maximum Gasteiger partial charge on any atom is 0.243 e. The molecule has 5 rings (SSSR count). The van der Waals surface area contributed by atoms with Crippen LogP contribution in [0.15, 0.2) is 48.5 Å². The summed E-state index contributed by atoms with van der Waals surface area (Å²) in [5.41, 5.74) is 3.11. The molecule has 1 saturated heterocycles. The van der Waals surface area contributed by atoms with Crippen molar-refractivity contribution in [1.82, 2.24) is 24.6 Å². The summed E-state index contributed by atoms with van der Waals surface area (Å²) in [5, 5.41) is 14.5. The third-order valence-electron chi connectivity index (χ3n) is 6.00. The molecule has 32 heavy (non-hydrogen) atoms. The number of carbonyl (C=O) groups is 1. The van der Waals surface area contributed by atoms with E-state index in [1.807, 2.05) is 35.2 Å². The topological polar surface area (TPSA) is 75.9 Å². The summed E-state index contributed by atoms with van der Waals surface area (Å²) in [6.07, 6.45) is 2.77. The predicted molar refractivity (Wildman–Crippen MR) is 127 cm³/mol. The first kappa shape index (κ1) is 20.6. The minimum absolute atomic E-state index is 0.00740. The van der Waals surface area contributed by atoms with E-state index >= 15 is 0 Å². The number of nitrogens with one attached hydrogen (secondary N) is 1. The summed E-state index contributed by atoms with van der Waals surface area (Å²) < 4.78 is 2.11. The summed E-state index contributed by atoms with van der Waals surface area (Å²) in [6, 6.07) is 16.3. The molecule has 1 aromatic carbocycles. The van der Waals surface area contributed by atoms with Crippen LogP contribution in [0.2, 0.25) is 0 Å².